The van der Waals surface area contributed by atoms with Gasteiger partial charge in [-0.3, -0.25) is 24.6 Å². The number of nitro benzene ring substituents is 1. The van der Waals surface area contributed by atoms with Crippen LogP contribution in [-0.2, 0) is 16.1 Å². The predicted octanol–water partition coefficient (Wildman–Crippen LogP) is 3.87. The van der Waals surface area contributed by atoms with Gasteiger partial charge in [-0.15, -0.1) is 0 Å². The summed E-state index contributed by atoms with van der Waals surface area (Å²) in [5.41, 5.74) is 1.24. The van der Waals surface area contributed by atoms with E-state index in [2.05, 4.69) is 0 Å². The molecule has 0 saturated carbocycles. The molecule has 0 N–H and O–H groups in total. The lowest BCUT2D eigenvalue weighted by Gasteiger charge is -2.12. The van der Waals surface area contributed by atoms with Crippen molar-refractivity contribution in [3.05, 3.63) is 68.6 Å². The number of nitrogens with zero attached hydrogens (tertiary/aromatic N) is 2. The molecule has 10 heteroatoms. The fourth-order valence-electron chi connectivity index (χ4n) is 2.82. The number of hydrogen-bond donors (Lipinski definition) is 0. The number of ether oxygens (including phenoxy) is 3. The van der Waals surface area contributed by atoms with Gasteiger partial charge in [-0.05, 0) is 41.1 Å². The highest BCUT2D eigenvalue weighted by Crippen LogP contribution is 2.35. The number of amides is 2. The third-order valence-corrected chi connectivity index (χ3v) is 5.30. The van der Waals surface area contributed by atoms with E-state index in [1.807, 2.05) is 0 Å². The first-order chi connectivity index (χ1) is 14.9. The number of non-ortho nitro benzene ring substituents is 1. The van der Waals surface area contributed by atoms with Gasteiger partial charge in [-0.2, -0.15) is 0 Å². The van der Waals surface area contributed by atoms with Crippen LogP contribution in [0.25, 0.3) is 6.08 Å². The molecule has 1 aliphatic rings. The third-order valence-electron chi connectivity index (χ3n) is 4.39. The molecule has 1 fully saturated rings. The van der Waals surface area contributed by atoms with Crippen LogP contribution >= 0.6 is 11.8 Å². The molecule has 1 aliphatic heterocycles. The van der Waals surface area contributed by atoms with Gasteiger partial charge in [-0.25, -0.2) is 0 Å². The Hall–Kier alpha value is -3.37. The van der Waals surface area contributed by atoms with Crippen molar-refractivity contribution in [3.8, 4) is 11.5 Å². The van der Waals surface area contributed by atoms with Crippen molar-refractivity contribution in [2.24, 2.45) is 0 Å². The number of imide groups is 1. The summed E-state index contributed by atoms with van der Waals surface area (Å²) in [6.07, 6.45) is 1.61. The van der Waals surface area contributed by atoms with E-state index >= 15 is 0 Å². The van der Waals surface area contributed by atoms with E-state index in [0.29, 0.717) is 35.8 Å². The van der Waals surface area contributed by atoms with Crippen LogP contribution in [0.5, 0.6) is 11.5 Å². The van der Waals surface area contributed by atoms with Crippen molar-refractivity contribution in [2.45, 2.75) is 6.54 Å². The summed E-state index contributed by atoms with van der Waals surface area (Å²) in [6, 6.07) is 10.9. The summed E-state index contributed by atoms with van der Waals surface area (Å²) in [4.78, 5) is 36.7. The first-order valence-electron chi connectivity index (χ1n) is 9.21. The molecule has 0 unspecified atom stereocenters. The van der Waals surface area contributed by atoms with Gasteiger partial charge in [0.1, 0.15) is 6.61 Å². The lowest BCUT2D eigenvalue weighted by Crippen LogP contribution is -2.27. The largest absolute Gasteiger partial charge is 0.493 e. The second-order valence-corrected chi connectivity index (χ2v) is 7.44. The van der Waals surface area contributed by atoms with Crippen molar-refractivity contribution in [2.75, 3.05) is 27.4 Å². The standard InChI is InChI=1S/C21H20N2O7S/c1-28-9-10-30-17-8-5-15(11-18(17)29-2)12-19-20(24)22(21(25)31-19)13-14-3-6-16(7-4-14)23(26)27/h3-8,11-12H,9-10,13H2,1-2H3/b19-12-. The summed E-state index contributed by atoms with van der Waals surface area (Å²) in [6.45, 7) is 0.843. The van der Waals surface area contributed by atoms with E-state index < -0.39 is 16.1 Å². The third kappa shape index (κ3) is 5.41. The monoisotopic (exact) mass is 444 g/mol. The molecule has 1 heterocycles. The molecule has 0 atom stereocenters. The first-order valence-corrected chi connectivity index (χ1v) is 10.0. The average Bonchev–Trinajstić information content (AvgIpc) is 3.02. The zero-order valence-corrected chi connectivity index (χ0v) is 17.7. The number of carbonyl (C=O) groups is 2. The topological polar surface area (TPSA) is 108 Å². The quantitative estimate of drug-likeness (QED) is 0.248. The van der Waals surface area contributed by atoms with Crippen LogP contribution in [0.3, 0.4) is 0 Å². The second-order valence-electron chi connectivity index (χ2n) is 6.44. The maximum Gasteiger partial charge on any atom is 0.293 e. The maximum atomic E-state index is 12.7. The molecule has 2 aromatic carbocycles. The molecule has 0 aliphatic carbocycles. The zero-order valence-electron chi connectivity index (χ0n) is 16.9. The highest BCUT2D eigenvalue weighted by atomic mass is 32.2. The zero-order chi connectivity index (χ0) is 22.4. The number of nitro groups is 1. The predicted molar refractivity (Wildman–Crippen MR) is 115 cm³/mol. The normalized spacial score (nSPS) is 14.9. The van der Waals surface area contributed by atoms with Crippen molar-refractivity contribution in [1.29, 1.82) is 0 Å². The van der Waals surface area contributed by atoms with Gasteiger partial charge >= 0.3 is 0 Å². The van der Waals surface area contributed by atoms with Crippen LogP contribution < -0.4 is 9.47 Å². The lowest BCUT2D eigenvalue weighted by molar-refractivity contribution is -0.384. The number of thioether (sulfide) groups is 1. The van der Waals surface area contributed by atoms with E-state index in [-0.39, 0.29) is 17.1 Å². The Morgan fingerprint density at radius 1 is 1.06 bits per heavy atom. The summed E-state index contributed by atoms with van der Waals surface area (Å²) >= 11 is 0.840. The van der Waals surface area contributed by atoms with Gasteiger partial charge in [0.25, 0.3) is 16.8 Å². The fourth-order valence-corrected chi connectivity index (χ4v) is 3.66. The van der Waals surface area contributed by atoms with Gasteiger partial charge < -0.3 is 14.2 Å². The minimum Gasteiger partial charge on any atom is -0.493 e. The van der Waals surface area contributed by atoms with Crippen molar-refractivity contribution in [1.82, 2.24) is 4.90 Å². The number of methoxy groups -OCH3 is 2. The summed E-state index contributed by atoms with van der Waals surface area (Å²) in [5.74, 6) is 0.616. The molecule has 162 valence electrons. The molecule has 0 bridgehead atoms. The molecule has 0 radical (unpaired) electrons. The molecule has 9 nitrogen and oxygen atoms in total. The van der Waals surface area contributed by atoms with E-state index in [1.165, 1.54) is 31.4 Å². The van der Waals surface area contributed by atoms with Crippen LogP contribution in [0.1, 0.15) is 11.1 Å². The minimum absolute atomic E-state index is 0.0373. The Morgan fingerprint density at radius 2 is 1.81 bits per heavy atom. The van der Waals surface area contributed by atoms with E-state index in [1.54, 1.807) is 31.4 Å². The van der Waals surface area contributed by atoms with Crippen LogP contribution in [-0.4, -0.2) is 48.4 Å². The average molecular weight is 444 g/mol. The minimum atomic E-state index is -0.505. The lowest BCUT2D eigenvalue weighted by atomic mass is 10.1. The highest BCUT2D eigenvalue weighted by molar-refractivity contribution is 8.18. The molecule has 1 saturated heterocycles. The molecule has 2 amide bonds. The first kappa shape index (κ1) is 22.3. The van der Waals surface area contributed by atoms with Crippen molar-refractivity contribution >= 4 is 34.7 Å². The Bertz CT molecular complexity index is 1020. The van der Waals surface area contributed by atoms with Crippen molar-refractivity contribution < 1.29 is 28.7 Å². The van der Waals surface area contributed by atoms with Crippen molar-refractivity contribution in [3.63, 3.8) is 0 Å². The SMILES string of the molecule is COCCOc1ccc(/C=C2\SC(=O)N(Cc3ccc([N+](=O)[O-])cc3)C2=O)cc1OC. The van der Waals surface area contributed by atoms with Crippen LogP contribution in [0.4, 0.5) is 10.5 Å². The van der Waals surface area contributed by atoms with Gasteiger partial charge in [0.2, 0.25) is 0 Å². The van der Waals surface area contributed by atoms with Gasteiger partial charge in [0.05, 0.1) is 30.1 Å². The Labute approximate surface area is 182 Å². The fraction of sp³-hybridized carbons (Fsp3) is 0.238. The smallest absolute Gasteiger partial charge is 0.293 e. The van der Waals surface area contributed by atoms with E-state index in [0.717, 1.165) is 16.7 Å². The summed E-state index contributed by atoms with van der Waals surface area (Å²) in [7, 11) is 3.10. The number of benzene rings is 2. The number of carbonyl (C=O) groups excluding carboxylic acids is 2. The Kier molecular flexibility index (Phi) is 7.27. The van der Waals surface area contributed by atoms with Gasteiger partial charge in [0, 0.05) is 19.2 Å². The molecule has 2 aromatic rings. The van der Waals surface area contributed by atoms with Gasteiger partial charge in [0.15, 0.2) is 11.5 Å². The van der Waals surface area contributed by atoms with Crippen LogP contribution in [0, 0.1) is 10.1 Å². The van der Waals surface area contributed by atoms with E-state index in [9.17, 15) is 19.7 Å². The van der Waals surface area contributed by atoms with Crippen LogP contribution in [0.15, 0.2) is 47.4 Å². The highest BCUT2D eigenvalue weighted by Gasteiger charge is 2.35. The molecular weight excluding hydrogens is 424 g/mol. The summed E-state index contributed by atoms with van der Waals surface area (Å²) in [5, 5.41) is 10.4. The Balaban J connectivity index is 1.74. The number of hydrogen-bond acceptors (Lipinski definition) is 8. The molecule has 31 heavy (non-hydrogen) atoms. The molecule has 0 spiro atoms. The summed E-state index contributed by atoms with van der Waals surface area (Å²) < 4.78 is 15.9. The van der Waals surface area contributed by atoms with E-state index in [4.69, 9.17) is 14.2 Å². The number of rotatable bonds is 9. The van der Waals surface area contributed by atoms with Gasteiger partial charge in [-0.1, -0.05) is 18.2 Å². The second kappa shape index (κ2) is 10.1. The van der Waals surface area contributed by atoms with Crippen LogP contribution in [0.2, 0.25) is 0 Å². The Morgan fingerprint density at radius 3 is 2.45 bits per heavy atom. The molecular formula is C21H20N2O7S. The molecule has 3 rings (SSSR count). The maximum absolute atomic E-state index is 12.7. The molecule has 0 aromatic heterocycles.